The molecule has 2 nitrogen and oxygen atoms in total. The van der Waals surface area contributed by atoms with Gasteiger partial charge in [-0.2, -0.15) is 5.26 Å². The minimum atomic E-state index is 0.716. The lowest BCUT2D eigenvalue weighted by Crippen LogP contribution is -1.92. The second-order valence-corrected chi connectivity index (χ2v) is 5.95. The Morgan fingerprint density at radius 1 is 0.750 bits per heavy atom. The van der Waals surface area contributed by atoms with Crippen molar-refractivity contribution in [3.63, 3.8) is 0 Å². The van der Waals surface area contributed by atoms with Crippen molar-refractivity contribution in [1.29, 1.82) is 5.26 Å². The molecule has 2 heteroatoms. The maximum Gasteiger partial charge on any atom is 0.0998 e. The van der Waals surface area contributed by atoms with Crippen LogP contribution in [0.2, 0.25) is 0 Å². The van der Waals surface area contributed by atoms with Crippen molar-refractivity contribution < 1.29 is 0 Å². The molecule has 0 aliphatic heterocycles. The highest BCUT2D eigenvalue weighted by Gasteiger charge is 2.04. The van der Waals surface area contributed by atoms with Crippen LogP contribution in [-0.4, -0.2) is 0 Å². The van der Waals surface area contributed by atoms with E-state index in [-0.39, 0.29) is 0 Å². The molecular formula is C22H20N2. The third kappa shape index (κ3) is 3.83. The normalized spacial score (nSPS) is 10.3. The highest BCUT2D eigenvalue weighted by Crippen LogP contribution is 2.24. The molecule has 0 radical (unpaired) electrons. The molecule has 24 heavy (non-hydrogen) atoms. The van der Waals surface area contributed by atoms with E-state index in [4.69, 9.17) is 5.73 Å². The minimum absolute atomic E-state index is 0.716. The lowest BCUT2D eigenvalue weighted by Gasteiger charge is -2.07. The van der Waals surface area contributed by atoms with Gasteiger partial charge >= 0.3 is 0 Å². The number of nitrogen functional groups attached to an aromatic ring is 1. The van der Waals surface area contributed by atoms with Crippen LogP contribution < -0.4 is 5.73 Å². The third-order valence-corrected chi connectivity index (χ3v) is 4.22. The number of aryl methyl sites for hydroxylation is 2. The molecule has 0 saturated carbocycles. The maximum absolute atomic E-state index is 9.22. The van der Waals surface area contributed by atoms with Crippen LogP contribution in [0.1, 0.15) is 23.1 Å². The van der Waals surface area contributed by atoms with Gasteiger partial charge in [0, 0.05) is 5.69 Å². The van der Waals surface area contributed by atoms with Gasteiger partial charge in [0.05, 0.1) is 11.6 Å². The quantitative estimate of drug-likeness (QED) is 0.675. The number of hydrogen-bond acceptors (Lipinski definition) is 2. The summed E-state index contributed by atoms with van der Waals surface area (Å²) in [6, 6.07) is 26.6. The molecule has 0 amide bonds. The number of benzene rings is 3. The summed E-state index contributed by atoms with van der Waals surface area (Å²) in [5, 5.41) is 9.22. The van der Waals surface area contributed by atoms with Crippen molar-refractivity contribution in [1.82, 2.24) is 0 Å². The van der Waals surface area contributed by atoms with Crippen LogP contribution in [0.15, 0.2) is 72.8 Å². The minimum Gasteiger partial charge on any atom is -0.399 e. The molecule has 0 aromatic heterocycles. The summed E-state index contributed by atoms with van der Waals surface area (Å²) >= 11 is 0. The summed E-state index contributed by atoms with van der Waals surface area (Å²) in [4.78, 5) is 0. The average Bonchev–Trinajstić information content (AvgIpc) is 2.64. The standard InChI is InChI=1S/C22H20N2/c23-16-20-6-1-2-7-22(20)19-12-8-17(9-13-19)4-3-5-18-10-14-21(24)15-11-18/h1-2,6-15H,3-5,24H2. The topological polar surface area (TPSA) is 49.8 Å². The van der Waals surface area contributed by atoms with E-state index in [1.54, 1.807) is 0 Å². The zero-order valence-electron chi connectivity index (χ0n) is 13.6. The lowest BCUT2D eigenvalue weighted by atomic mass is 9.97. The Balaban J connectivity index is 1.62. The molecule has 0 aliphatic rings. The summed E-state index contributed by atoms with van der Waals surface area (Å²) in [6.07, 6.45) is 3.21. The highest BCUT2D eigenvalue weighted by atomic mass is 14.5. The molecule has 0 aliphatic carbocycles. The van der Waals surface area contributed by atoms with Gasteiger partial charge < -0.3 is 5.73 Å². The molecule has 0 heterocycles. The first-order valence-electron chi connectivity index (χ1n) is 8.19. The third-order valence-electron chi connectivity index (χ3n) is 4.22. The van der Waals surface area contributed by atoms with E-state index in [0.717, 1.165) is 36.1 Å². The van der Waals surface area contributed by atoms with Gasteiger partial charge in [-0.3, -0.25) is 0 Å². The Morgan fingerprint density at radius 2 is 1.33 bits per heavy atom. The van der Waals surface area contributed by atoms with Gasteiger partial charge in [0.15, 0.2) is 0 Å². The number of nitrogens with two attached hydrogens (primary N) is 1. The van der Waals surface area contributed by atoms with Crippen LogP contribution in [0, 0.1) is 11.3 Å². The molecule has 0 saturated heterocycles. The van der Waals surface area contributed by atoms with Crippen LogP contribution >= 0.6 is 0 Å². The van der Waals surface area contributed by atoms with Gasteiger partial charge in [-0.15, -0.1) is 0 Å². The summed E-state index contributed by atoms with van der Waals surface area (Å²) in [7, 11) is 0. The molecule has 118 valence electrons. The van der Waals surface area contributed by atoms with E-state index in [0.29, 0.717) is 5.56 Å². The molecule has 0 atom stereocenters. The molecule has 3 aromatic carbocycles. The van der Waals surface area contributed by atoms with E-state index in [1.807, 2.05) is 36.4 Å². The predicted octanol–water partition coefficient (Wildman–Crippen LogP) is 4.98. The van der Waals surface area contributed by atoms with Gasteiger partial charge in [-0.25, -0.2) is 0 Å². The van der Waals surface area contributed by atoms with E-state index in [2.05, 4.69) is 42.5 Å². The molecular weight excluding hydrogens is 292 g/mol. The first kappa shape index (κ1) is 15.8. The van der Waals surface area contributed by atoms with Gasteiger partial charge in [0.25, 0.3) is 0 Å². The first-order valence-corrected chi connectivity index (χ1v) is 8.19. The van der Waals surface area contributed by atoms with Gasteiger partial charge in [0.2, 0.25) is 0 Å². The molecule has 0 spiro atoms. The molecule has 0 fully saturated rings. The molecule has 0 unspecified atom stereocenters. The van der Waals surface area contributed by atoms with Crippen LogP contribution in [0.3, 0.4) is 0 Å². The van der Waals surface area contributed by atoms with Crippen molar-refractivity contribution >= 4 is 5.69 Å². The maximum atomic E-state index is 9.22. The van der Waals surface area contributed by atoms with Crippen molar-refractivity contribution in [3.05, 3.63) is 89.5 Å². The Labute approximate surface area is 143 Å². The molecule has 0 bridgehead atoms. The predicted molar refractivity (Wildman–Crippen MR) is 99.5 cm³/mol. The van der Waals surface area contributed by atoms with Crippen LogP contribution in [0.25, 0.3) is 11.1 Å². The zero-order valence-corrected chi connectivity index (χ0v) is 13.6. The largest absolute Gasteiger partial charge is 0.399 e. The fraction of sp³-hybridized carbons (Fsp3) is 0.136. The van der Waals surface area contributed by atoms with E-state index in [1.165, 1.54) is 11.1 Å². The van der Waals surface area contributed by atoms with Crippen LogP contribution in [0.5, 0.6) is 0 Å². The lowest BCUT2D eigenvalue weighted by molar-refractivity contribution is 0.821. The van der Waals surface area contributed by atoms with Crippen molar-refractivity contribution in [3.8, 4) is 17.2 Å². The van der Waals surface area contributed by atoms with Crippen LogP contribution in [0.4, 0.5) is 5.69 Å². The average molecular weight is 312 g/mol. The number of rotatable bonds is 5. The summed E-state index contributed by atoms with van der Waals surface area (Å²) in [6.45, 7) is 0. The van der Waals surface area contributed by atoms with Crippen molar-refractivity contribution in [2.45, 2.75) is 19.3 Å². The number of nitriles is 1. The first-order chi connectivity index (χ1) is 11.8. The Bertz CT molecular complexity index is 840. The SMILES string of the molecule is N#Cc1ccccc1-c1ccc(CCCc2ccc(N)cc2)cc1. The summed E-state index contributed by atoms with van der Waals surface area (Å²) in [5.41, 5.74) is 12.0. The monoisotopic (exact) mass is 312 g/mol. The number of anilines is 1. The Kier molecular flexibility index (Phi) is 4.93. The van der Waals surface area contributed by atoms with Gasteiger partial charge in [-0.05, 0) is 59.7 Å². The zero-order chi connectivity index (χ0) is 16.8. The van der Waals surface area contributed by atoms with E-state index < -0.39 is 0 Å². The van der Waals surface area contributed by atoms with Crippen LogP contribution in [-0.2, 0) is 12.8 Å². The second-order valence-electron chi connectivity index (χ2n) is 5.95. The summed E-state index contributed by atoms with van der Waals surface area (Å²) < 4.78 is 0. The van der Waals surface area contributed by atoms with Crippen molar-refractivity contribution in [2.75, 3.05) is 5.73 Å². The smallest absolute Gasteiger partial charge is 0.0998 e. The molecule has 2 N–H and O–H groups in total. The number of nitrogens with zero attached hydrogens (tertiary/aromatic N) is 1. The second kappa shape index (κ2) is 7.48. The fourth-order valence-electron chi connectivity index (χ4n) is 2.86. The summed E-state index contributed by atoms with van der Waals surface area (Å²) in [5.74, 6) is 0. The van der Waals surface area contributed by atoms with Gasteiger partial charge in [0.1, 0.15) is 0 Å². The highest BCUT2D eigenvalue weighted by molar-refractivity contribution is 5.70. The Morgan fingerprint density at radius 3 is 1.96 bits per heavy atom. The molecule has 3 rings (SSSR count). The van der Waals surface area contributed by atoms with Gasteiger partial charge in [-0.1, -0.05) is 54.6 Å². The fourth-order valence-corrected chi connectivity index (χ4v) is 2.86. The Hall–Kier alpha value is -3.05. The van der Waals surface area contributed by atoms with E-state index in [9.17, 15) is 5.26 Å². The van der Waals surface area contributed by atoms with Crippen molar-refractivity contribution in [2.24, 2.45) is 0 Å². The number of hydrogen-bond donors (Lipinski definition) is 1. The van der Waals surface area contributed by atoms with E-state index >= 15 is 0 Å². The molecule has 3 aromatic rings.